The Morgan fingerprint density at radius 2 is 1.83 bits per heavy atom. The summed E-state index contributed by atoms with van der Waals surface area (Å²) < 4.78 is 1.83. The summed E-state index contributed by atoms with van der Waals surface area (Å²) in [4.78, 5) is 30.4. The molecule has 1 aliphatic carbocycles. The Morgan fingerprint density at radius 3 is 2.60 bits per heavy atom. The highest BCUT2D eigenvalue weighted by molar-refractivity contribution is 7.99. The van der Waals surface area contributed by atoms with Crippen LogP contribution in [0.25, 0.3) is 10.9 Å². The van der Waals surface area contributed by atoms with Gasteiger partial charge in [0.25, 0.3) is 5.56 Å². The molecule has 0 atom stereocenters. The van der Waals surface area contributed by atoms with Gasteiger partial charge in [0.05, 0.1) is 16.7 Å². The second-order valence-electron chi connectivity index (χ2n) is 7.57. The molecular weight excluding hydrogens is 418 g/mol. The third-order valence-corrected chi connectivity index (χ3v) is 6.66. The number of amides is 1. The first-order chi connectivity index (χ1) is 14.6. The molecule has 1 amide bonds. The number of benzene rings is 2. The zero-order chi connectivity index (χ0) is 20.9. The summed E-state index contributed by atoms with van der Waals surface area (Å²) in [6.07, 6.45) is 5.42. The van der Waals surface area contributed by atoms with Crippen molar-refractivity contribution < 1.29 is 4.79 Å². The maximum absolute atomic E-state index is 13.2. The first-order valence-corrected chi connectivity index (χ1v) is 11.6. The lowest BCUT2D eigenvalue weighted by Crippen LogP contribution is -2.30. The Bertz CT molecular complexity index is 1090. The first-order valence-electron chi connectivity index (χ1n) is 10.3. The molecule has 1 saturated carbocycles. The standard InChI is InChI=1S/C23H24ClN3O2S/c24-17-12-10-16(11-13-17)14-25-21(28)15-30-23-26-20-9-5-4-8-19(20)22(29)27(23)18-6-2-1-3-7-18/h4-5,8-13,18H,1-3,6-7,14-15H2,(H,25,28). The zero-order valence-corrected chi connectivity index (χ0v) is 18.2. The second-order valence-corrected chi connectivity index (χ2v) is 8.95. The van der Waals surface area contributed by atoms with Crippen LogP contribution in [0, 0.1) is 0 Å². The van der Waals surface area contributed by atoms with Crippen molar-refractivity contribution in [3.05, 3.63) is 69.5 Å². The van der Waals surface area contributed by atoms with Crippen LogP contribution in [0.4, 0.5) is 0 Å². The molecule has 4 rings (SSSR count). The van der Waals surface area contributed by atoms with E-state index in [1.165, 1.54) is 18.2 Å². The molecule has 1 N–H and O–H groups in total. The molecule has 1 aromatic heterocycles. The predicted octanol–water partition coefficient (Wildman–Crippen LogP) is 4.96. The number of fused-ring (bicyclic) bond motifs is 1. The largest absolute Gasteiger partial charge is 0.351 e. The van der Waals surface area contributed by atoms with Gasteiger partial charge in [-0.1, -0.05) is 66.9 Å². The predicted molar refractivity (Wildman–Crippen MR) is 122 cm³/mol. The van der Waals surface area contributed by atoms with Crippen molar-refractivity contribution in [1.29, 1.82) is 0 Å². The van der Waals surface area contributed by atoms with E-state index in [1.807, 2.05) is 41.0 Å². The van der Waals surface area contributed by atoms with Gasteiger partial charge in [0.1, 0.15) is 0 Å². The van der Waals surface area contributed by atoms with Crippen LogP contribution in [0.3, 0.4) is 0 Å². The molecule has 1 aliphatic rings. The summed E-state index contributed by atoms with van der Waals surface area (Å²) in [5.41, 5.74) is 1.66. The maximum Gasteiger partial charge on any atom is 0.262 e. The molecule has 1 fully saturated rings. The fraction of sp³-hybridized carbons (Fsp3) is 0.348. The number of thioether (sulfide) groups is 1. The molecule has 5 nitrogen and oxygen atoms in total. The molecule has 156 valence electrons. The van der Waals surface area contributed by atoms with E-state index in [0.29, 0.717) is 27.6 Å². The van der Waals surface area contributed by atoms with Crippen LogP contribution in [-0.2, 0) is 11.3 Å². The van der Waals surface area contributed by atoms with Crippen LogP contribution in [0.2, 0.25) is 5.02 Å². The summed E-state index contributed by atoms with van der Waals surface area (Å²) in [6.45, 7) is 0.442. The van der Waals surface area contributed by atoms with Crippen LogP contribution < -0.4 is 10.9 Å². The van der Waals surface area contributed by atoms with Crippen molar-refractivity contribution in [2.75, 3.05) is 5.75 Å². The van der Waals surface area contributed by atoms with Gasteiger partial charge >= 0.3 is 0 Å². The summed E-state index contributed by atoms with van der Waals surface area (Å²) >= 11 is 7.23. The van der Waals surface area contributed by atoms with E-state index in [0.717, 1.165) is 31.2 Å². The number of aromatic nitrogens is 2. The van der Waals surface area contributed by atoms with Gasteiger partial charge in [0, 0.05) is 17.6 Å². The highest BCUT2D eigenvalue weighted by Crippen LogP contribution is 2.31. The molecule has 7 heteroatoms. The zero-order valence-electron chi connectivity index (χ0n) is 16.6. The van der Waals surface area contributed by atoms with E-state index in [4.69, 9.17) is 16.6 Å². The number of nitrogens with zero attached hydrogens (tertiary/aromatic N) is 2. The number of halogens is 1. The summed E-state index contributed by atoms with van der Waals surface area (Å²) in [7, 11) is 0. The molecule has 0 aliphatic heterocycles. The number of nitrogens with one attached hydrogen (secondary N) is 1. The molecule has 30 heavy (non-hydrogen) atoms. The van der Waals surface area contributed by atoms with Crippen molar-refractivity contribution in [3.63, 3.8) is 0 Å². The summed E-state index contributed by atoms with van der Waals surface area (Å²) in [6, 6.07) is 15.0. The maximum atomic E-state index is 13.2. The minimum Gasteiger partial charge on any atom is -0.351 e. The lowest BCUT2D eigenvalue weighted by Gasteiger charge is -2.26. The molecule has 3 aromatic rings. The topological polar surface area (TPSA) is 64.0 Å². The van der Waals surface area contributed by atoms with E-state index < -0.39 is 0 Å². The SMILES string of the molecule is O=C(CSc1nc2ccccc2c(=O)n1C1CCCCC1)NCc1ccc(Cl)cc1. The molecular formula is C23H24ClN3O2S. The van der Waals surface area contributed by atoms with Crippen molar-refractivity contribution in [2.24, 2.45) is 0 Å². The average molecular weight is 442 g/mol. The fourth-order valence-electron chi connectivity index (χ4n) is 3.87. The molecule has 0 bridgehead atoms. The van der Waals surface area contributed by atoms with Crippen LogP contribution in [0.1, 0.15) is 43.7 Å². The molecule has 0 unspecified atom stereocenters. The van der Waals surface area contributed by atoms with Crippen molar-refractivity contribution in [3.8, 4) is 0 Å². The normalized spacial score (nSPS) is 14.7. The number of carbonyl (C=O) groups is 1. The lowest BCUT2D eigenvalue weighted by molar-refractivity contribution is -0.118. The van der Waals surface area contributed by atoms with Gasteiger partial charge in [-0.05, 0) is 42.7 Å². The summed E-state index contributed by atoms with van der Waals surface area (Å²) in [5.74, 6) is 0.123. The number of carbonyl (C=O) groups excluding carboxylic acids is 1. The Balaban J connectivity index is 1.51. The van der Waals surface area contributed by atoms with Crippen LogP contribution >= 0.6 is 23.4 Å². The minimum atomic E-state index is -0.0902. The molecule has 1 heterocycles. The second kappa shape index (κ2) is 9.67. The minimum absolute atomic E-state index is 0.00317. The smallest absolute Gasteiger partial charge is 0.262 e. The number of rotatable bonds is 6. The highest BCUT2D eigenvalue weighted by Gasteiger charge is 2.22. The first kappa shape index (κ1) is 20.9. The Morgan fingerprint density at radius 1 is 1.10 bits per heavy atom. The van der Waals surface area contributed by atoms with Crippen molar-refractivity contribution >= 4 is 40.2 Å². The third-order valence-electron chi connectivity index (χ3n) is 5.45. The van der Waals surface area contributed by atoms with Gasteiger partial charge in [0.2, 0.25) is 5.91 Å². The molecule has 0 saturated heterocycles. The number of hydrogen-bond acceptors (Lipinski definition) is 4. The van der Waals surface area contributed by atoms with E-state index in [2.05, 4.69) is 5.32 Å². The lowest BCUT2D eigenvalue weighted by atomic mass is 9.95. The molecule has 0 spiro atoms. The van der Waals surface area contributed by atoms with E-state index in [9.17, 15) is 9.59 Å². The van der Waals surface area contributed by atoms with Crippen LogP contribution in [0.15, 0.2) is 58.5 Å². The third kappa shape index (κ3) is 4.87. The molecule has 2 aromatic carbocycles. The van der Waals surface area contributed by atoms with Gasteiger partial charge < -0.3 is 5.32 Å². The Labute approximate surface area is 184 Å². The Hall–Kier alpha value is -2.31. The highest BCUT2D eigenvalue weighted by atomic mass is 35.5. The van der Waals surface area contributed by atoms with Gasteiger partial charge in [-0.2, -0.15) is 0 Å². The van der Waals surface area contributed by atoms with Crippen LogP contribution in [-0.4, -0.2) is 21.2 Å². The van der Waals surface area contributed by atoms with Gasteiger partial charge in [-0.3, -0.25) is 14.2 Å². The van der Waals surface area contributed by atoms with E-state index in [-0.39, 0.29) is 23.3 Å². The van der Waals surface area contributed by atoms with Gasteiger partial charge in [-0.25, -0.2) is 4.98 Å². The monoisotopic (exact) mass is 441 g/mol. The fourth-order valence-corrected chi connectivity index (χ4v) is 4.89. The van der Waals surface area contributed by atoms with Crippen molar-refractivity contribution in [2.45, 2.75) is 49.8 Å². The van der Waals surface area contributed by atoms with Crippen molar-refractivity contribution in [1.82, 2.24) is 14.9 Å². The number of para-hydroxylation sites is 1. The quantitative estimate of drug-likeness (QED) is 0.433. The van der Waals surface area contributed by atoms with Crippen LogP contribution in [0.5, 0.6) is 0 Å². The Kier molecular flexibility index (Phi) is 6.75. The van der Waals surface area contributed by atoms with Gasteiger partial charge in [-0.15, -0.1) is 0 Å². The number of hydrogen-bond donors (Lipinski definition) is 1. The average Bonchev–Trinajstić information content (AvgIpc) is 2.78. The molecule has 0 radical (unpaired) electrons. The van der Waals surface area contributed by atoms with E-state index in [1.54, 1.807) is 12.1 Å². The van der Waals surface area contributed by atoms with Gasteiger partial charge in [0.15, 0.2) is 5.16 Å². The van der Waals surface area contributed by atoms with E-state index >= 15 is 0 Å². The summed E-state index contributed by atoms with van der Waals surface area (Å²) in [5, 5.41) is 4.86.